The lowest BCUT2D eigenvalue weighted by atomic mass is 10.1. The first-order chi connectivity index (χ1) is 23.2. The van der Waals surface area contributed by atoms with Gasteiger partial charge in [-0.15, -0.1) is 15.9 Å². The number of benzene rings is 2. The van der Waals surface area contributed by atoms with Crippen LogP contribution in [0.15, 0.2) is 83.1 Å². The number of hydrogen-bond acceptors (Lipinski definition) is 8. The van der Waals surface area contributed by atoms with Crippen LogP contribution >= 0.6 is 46.7 Å². The highest BCUT2D eigenvalue weighted by Gasteiger charge is 2.37. The maximum Gasteiger partial charge on any atom is 0.384 e. The molecule has 2 aliphatic heterocycles. The van der Waals surface area contributed by atoms with Gasteiger partial charge in [0.05, 0.1) is 21.3 Å². The SMILES string of the molecule is C=CC[n+]1c(C=C2SC(c3ccccc3)=C(c3ccccc3)N2CC)sc(C=c2sc(=C3C(=O)N(CC)C(=S)N3C)n(CC)c2=O)c1O. The van der Waals surface area contributed by atoms with Gasteiger partial charge < -0.3 is 14.9 Å². The van der Waals surface area contributed by atoms with Crippen LogP contribution in [-0.4, -0.2) is 55.5 Å². The molecule has 4 heterocycles. The van der Waals surface area contributed by atoms with Crippen molar-refractivity contribution in [2.45, 2.75) is 33.9 Å². The molecular formula is C36H36N5O3S4+. The summed E-state index contributed by atoms with van der Waals surface area (Å²) in [6.07, 6.45) is 5.57. The number of hydrogen-bond donors (Lipinski definition) is 1. The number of carbonyl (C=O) groups is 1. The number of thioether (sulfide) groups is 1. The average Bonchev–Trinajstić information content (AvgIpc) is 3.78. The predicted octanol–water partition coefficient (Wildman–Crippen LogP) is 5.08. The summed E-state index contributed by atoms with van der Waals surface area (Å²) in [5.74, 6) is -0.167. The first kappa shape index (κ1) is 33.7. The number of carbonyl (C=O) groups excluding carboxylic acids is 1. The van der Waals surface area contributed by atoms with Crippen LogP contribution in [0.3, 0.4) is 0 Å². The third-order valence-corrected chi connectivity index (χ3v) is 12.0. The number of aromatic nitrogens is 2. The molecule has 12 heteroatoms. The molecule has 0 atom stereocenters. The maximum absolute atomic E-state index is 13.7. The van der Waals surface area contributed by atoms with Crippen molar-refractivity contribution in [1.82, 2.24) is 19.3 Å². The molecule has 1 fully saturated rings. The Balaban J connectivity index is 1.49. The molecule has 0 bridgehead atoms. The molecule has 0 spiro atoms. The van der Waals surface area contributed by atoms with Crippen molar-refractivity contribution in [3.8, 4) is 5.88 Å². The van der Waals surface area contributed by atoms with Gasteiger partial charge in [0.15, 0.2) is 11.7 Å². The van der Waals surface area contributed by atoms with E-state index in [1.807, 2.05) is 26.0 Å². The number of amides is 1. The fourth-order valence-corrected chi connectivity index (χ4v) is 9.86. The van der Waals surface area contributed by atoms with E-state index in [4.69, 9.17) is 12.2 Å². The summed E-state index contributed by atoms with van der Waals surface area (Å²) in [6.45, 7) is 11.8. The highest BCUT2D eigenvalue weighted by molar-refractivity contribution is 8.12. The van der Waals surface area contributed by atoms with Gasteiger partial charge in [-0.3, -0.25) is 19.1 Å². The predicted molar refractivity (Wildman–Crippen MR) is 202 cm³/mol. The van der Waals surface area contributed by atoms with Crippen LogP contribution in [0.1, 0.15) is 41.8 Å². The summed E-state index contributed by atoms with van der Waals surface area (Å²) in [7, 11) is 1.75. The zero-order valence-electron chi connectivity index (χ0n) is 27.2. The molecule has 0 aliphatic carbocycles. The summed E-state index contributed by atoms with van der Waals surface area (Å²) < 4.78 is 4.38. The lowest BCUT2D eigenvalue weighted by Gasteiger charge is -2.21. The van der Waals surface area contributed by atoms with Crippen molar-refractivity contribution in [3.63, 3.8) is 0 Å². The molecule has 2 aliphatic rings. The Morgan fingerprint density at radius 2 is 1.52 bits per heavy atom. The summed E-state index contributed by atoms with van der Waals surface area (Å²) >= 11 is 9.85. The van der Waals surface area contributed by atoms with Gasteiger partial charge in [0.25, 0.3) is 16.5 Å². The van der Waals surface area contributed by atoms with E-state index in [9.17, 15) is 14.7 Å². The lowest BCUT2D eigenvalue weighted by molar-refractivity contribution is -0.689. The number of likely N-dealkylation sites (N-methyl/N-ethyl adjacent to an activating group) is 2. The molecule has 4 aromatic rings. The van der Waals surface area contributed by atoms with Crippen molar-refractivity contribution >= 4 is 86.1 Å². The number of thiocarbonyl (C=S) groups is 1. The number of rotatable bonds is 9. The molecule has 0 radical (unpaired) electrons. The molecule has 1 N–H and O–H groups in total. The number of thiazole rings is 2. The van der Waals surface area contributed by atoms with Crippen LogP contribution in [0.2, 0.25) is 0 Å². The van der Waals surface area contributed by atoms with Crippen molar-refractivity contribution in [3.05, 3.63) is 119 Å². The fourth-order valence-electron chi connectivity index (χ4n) is 5.84. The highest BCUT2D eigenvalue weighted by atomic mass is 32.2. The van der Waals surface area contributed by atoms with Gasteiger partial charge in [0, 0.05) is 31.6 Å². The second-order valence-electron chi connectivity index (χ2n) is 11.0. The average molecular weight is 715 g/mol. The van der Waals surface area contributed by atoms with Gasteiger partial charge in [-0.25, -0.2) is 0 Å². The molecular weight excluding hydrogens is 679 g/mol. The normalized spacial score (nSPS) is 17.5. The van der Waals surface area contributed by atoms with E-state index < -0.39 is 0 Å². The molecule has 1 saturated heterocycles. The molecule has 0 unspecified atom stereocenters. The monoisotopic (exact) mass is 714 g/mol. The maximum atomic E-state index is 13.7. The second kappa shape index (κ2) is 14.1. The van der Waals surface area contributed by atoms with Gasteiger partial charge in [-0.2, -0.15) is 0 Å². The number of nitrogens with zero attached hydrogens (tertiary/aromatic N) is 5. The Morgan fingerprint density at radius 3 is 2.10 bits per heavy atom. The first-order valence-electron chi connectivity index (χ1n) is 15.7. The minimum Gasteiger partial charge on any atom is -0.459 e. The Bertz CT molecular complexity index is 2160. The smallest absolute Gasteiger partial charge is 0.384 e. The van der Waals surface area contributed by atoms with Gasteiger partial charge >= 0.3 is 5.88 Å². The molecule has 6 rings (SSSR count). The molecule has 1 amide bonds. The molecule has 2 aromatic heterocycles. The topological polar surface area (TPSA) is 72.9 Å². The van der Waals surface area contributed by atoms with Gasteiger partial charge in [0.1, 0.15) is 15.2 Å². The van der Waals surface area contributed by atoms with E-state index in [1.165, 1.54) is 27.6 Å². The quantitative estimate of drug-likeness (QED) is 0.147. The van der Waals surface area contributed by atoms with E-state index in [-0.39, 0.29) is 17.3 Å². The van der Waals surface area contributed by atoms with Crippen LogP contribution < -0.4 is 19.3 Å². The Labute approximate surface area is 297 Å². The zero-order valence-corrected chi connectivity index (χ0v) is 30.4. The minimum atomic E-state index is -0.220. The first-order valence-corrected chi connectivity index (χ1v) is 18.5. The standard InChI is InChI=1S/C36H35N5O3S4/c1-6-20-41-28(22-27-38(7-2)29(23-16-12-10-13-17-23)31(48-27)24-18-14-11-15-19-24)46-25(33(41)43)21-26-32(42)39(8-3)35(47-26)30-34(44)40(9-4)36(45)37(30)5/h6,10-19,21-22H,1,7-9,20H2,2-5H3/p+1. The van der Waals surface area contributed by atoms with Crippen molar-refractivity contribution in [1.29, 1.82) is 0 Å². The second-order valence-corrected chi connectivity index (χ2v) is 14.5. The van der Waals surface area contributed by atoms with E-state index in [0.717, 1.165) is 38.3 Å². The summed E-state index contributed by atoms with van der Waals surface area (Å²) in [5, 5.41) is 13.8. The Hall–Kier alpha value is -4.23. The fraction of sp³-hybridized carbons (Fsp3) is 0.222. The third kappa shape index (κ3) is 5.87. The summed E-state index contributed by atoms with van der Waals surface area (Å²) in [5.41, 5.74) is 3.58. The molecule has 8 nitrogen and oxygen atoms in total. The van der Waals surface area contributed by atoms with Crippen LogP contribution in [0, 0.1) is 0 Å². The minimum absolute atomic E-state index is 0.0507. The van der Waals surface area contributed by atoms with E-state index in [1.54, 1.807) is 45.0 Å². The third-order valence-electron chi connectivity index (χ3n) is 8.18. The van der Waals surface area contributed by atoms with Crippen LogP contribution in [0.25, 0.3) is 28.5 Å². The van der Waals surface area contributed by atoms with Crippen molar-refractivity contribution < 1.29 is 14.5 Å². The van der Waals surface area contributed by atoms with Crippen LogP contribution in [0.4, 0.5) is 0 Å². The number of aromatic hydroxyl groups is 1. The zero-order chi connectivity index (χ0) is 34.1. The van der Waals surface area contributed by atoms with Crippen molar-refractivity contribution in [2.75, 3.05) is 20.1 Å². The van der Waals surface area contributed by atoms with Crippen LogP contribution in [-0.2, 0) is 17.9 Å². The summed E-state index contributed by atoms with van der Waals surface area (Å²) in [4.78, 5) is 34.2. The molecule has 246 valence electrons. The Morgan fingerprint density at radius 1 is 0.875 bits per heavy atom. The Kier molecular flexibility index (Phi) is 9.88. The van der Waals surface area contributed by atoms with Gasteiger partial charge in [0.2, 0.25) is 0 Å². The molecule has 0 saturated carbocycles. The van der Waals surface area contributed by atoms with Gasteiger partial charge in [-0.05, 0) is 56.3 Å². The molecule has 48 heavy (non-hydrogen) atoms. The molecule has 2 aromatic carbocycles. The van der Waals surface area contributed by atoms with Crippen LogP contribution in [0.5, 0.6) is 5.88 Å². The lowest BCUT2D eigenvalue weighted by Crippen LogP contribution is -2.34. The van der Waals surface area contributed by atoms with E-state index in [2.05, 4.69) is 73.0 Å². The largest absolute Gasteiger partial charge is 0.459 e. The van der Waals surface area contributed by atoms with Crippen molar-refractivity contribution in [2.24, 2.45) is 0 Å². The van der Waals surface area contributed by atoms with E-state index in [0.29, 0.717) is 44.5 Å². The highest BCUT2D eigenvalue weighted by Crippen LogP contribution is 2.51. The van der Waals surface area contributed by atoms with E-state index >= 15 is 0 Å². The number of allylic oxidation sites excluding steroid dienone is 1. The van der Waals surface area contributed by atoms with Gasteiger partial charge in [-0.1, -0.05) is 90.3 Å². The summed E-state index contributed by atoms with van der Waals surface area (Å²) in [6, 6.07) is 20.8.